The Balaban J connectivity index is 1.55. The summed E-state index contributed by atoms with van der Waals surface area (Å²) in [5, 5.41) is 4.49. The number of ether oxygens (including phenoxy) is 1. The summed E-state index contributed by atoms with van der Waals surface area (Å²) in [6.07, 6.45) is 3.74. The van der Waals surface area contributed by atoms with Crippen LogP contribution in [0.1, 0.15) is 39.0 Å². The topological polar surface area (TPSA) is 68.3 Å². The Morgan fingerprint density at radius 1 is 1.30 bits per heavy atom. The number of halogens is 2. The molecule has 2 aromatic rings. The van der Waals surface area contributed by atoms with Gasteiger partial charge in [-0.1, -0.05) is 12.8 Å². The van der Waals surface area contributed by atoms with E-state index < -0.39 is 23.6 Å². The average molecular weight is 394 g/mol. The Labute approximate surface area is 159 Å². The highest BCUT2D eigenvalue weighted by Gasteiger charge is 2.23. The van der Waals surface area contributed by atoms with Gasteiger partial charge < -0.3 is 4.74 Å². The zero-order chi connectivity index (χ0) is 19.4. The van der Waals surface area contributed by atoms with Crippen molar-refractivity contribution in [2.75, 3.05) is 5.32 Å². The molecular weight excluding hydrogens is 374 g/mol. The summed E-state index contributed by atoms with van der Waals surface area (Å²) in [5.74, 6) is -2.40. The van der Waals surface area contributed by atoms with Gasteiger partial charge in [0.15, 0.2) is 22.9 Å². The van der Waals surface area contributed by atoms with E-state index in [0.717, 1.165) is 49.2 Å². The number of carbonyl (C=O) groups is 2. The van der Waals surface area contributed by atoms with Crippen LogP contribution in [0.3, 0.4) is 0 Å². The van der Waals surface area contributed by atoms with Crippen molar-refractivity contribution in [2.45, 2.75) is 45.1 Å². The fourth-order valence-electron chi connectivity index (χ4n) is 3.08. The minimum atomic E-state index is -0.964. The van der Waals surface area contributed by atoms with Crippen molar-refractivity contribution >= 4 is 28.3 Å². The SMILES string of the molecule is C[C@H](OC(=O)CC1CCCC1)C(=O)Nc1nc(-c2ccc(F)c(F)c2)cs1. The van der Waals surface area contributed by atoms with E-state index in [1.807, 2.05) is 0 Å². The van der Waals surface area contributed by atoms with Gasteiger partial charge >= 0.3 is 5.97 Å². The summed E-state index contributed by atoms with van der Waals surface area (Å²) >= 11 is 1.15. The summed E-state index contributed by atoms with van der Waals surface area (Å²) in [5.41, 5.74) is 0.821. The standard InChI is InChI=1S/C19H20F2N2O3S/c1-11(26-17(24)8-12-4-2-3-5-12)18(25)23-19-22-16(10-27-19)13-6-7-14(20)15(21)9-13/h6-7,9-12H,2-5,8H2,1H3,(H,22,23,25)/t11-/m0/s1. The van der Waals surface area contributed by atoms with Crippen LogP contribution in [-0.2, 0) is 14.3 Å². The first kappa shape index (κ1) is 19.4. The number of hydrogen-bond acceptors (Lipinski definition) is 5. The number of anilines is 1. The maximum Gasteiger partial charge on any atom is 0.306 e. The molecule has 1 N–H and O–H groups in total. The third-order valence-corrected chi connectivity index (χ3v) is 5.31. The van der Waals surface area contributed by atoms with Crippen LogP contribution in [0.4, 0.5) is 13.9 Å². The first-order valence-corrected chi connectivity index (χ1v) is 9.71. The molecule has 0 aliphatic heterocycles. The zero-order valence-electron chi connectivity index (χ0n) is 14.8. The number of nitrogens with one attached hydrogen (secondary N) is 1. The van der Waals surface area contributed by atoms with Crippen LogP contribution in [0.2, 0.25) is 0 Å². The van der Waals surface area contributed by atoms with Crippen molar-refractivity contribution in [3.05, 3.63) is 35.2 Å². The quantitative estimate of drug-likeness (QED) is 0.731. The Morgan fingerprint density at radius 3 is 2.74 bits per heavy atom. The Kier molecular flexibility index (Phi) is 6.15. The van der Waals surface area contributed by atoms with Crippen molar-refractivity contribution in [1.29, 1.82) is 0 Å². The van der Waals surface area contributed by atoms with E-state index in [2.05, 4.69) is 10.3 Å². The van der Waals surface area contributed by atoms with E-state index in [1.54, 1.807) is 5.38 Å². The predicted octanol–water partition coefficient (Wildman–Crippen LogP) is 4.54. The minimum absolute atomic E-state index is 0.290. The van der Waals surface area contributed by atoms with E-state index in [9.17, 15) is 18.4 Å². The number of nitrogens with zero attached hydrogens (tertiary/aromatic N) is 1. The summed E-state index contributed by atoms with van der Waals surface area (Å²) < 4.78 is 31.6. The third-order valence-electron chi connectivity index (χ3n) is 4.56. The second kappa shape index (κ2) is 8.56. The van der Waals surface area contributed by atoms with E-state index in [-0.39, 0.29) is 5.97 Å². The molecule has 144 valence electrons. The molecule has 0 bridgehead atoms. The van der Waals surface area contributed by atoms with Crippen LogP contribution in [-0.4, -0.2) is 23.0 Å². The molecule has 1 saturated carbocycles. The molecule has 8 heteroatoms. The third kappa shape index (κ3) is 5.09. The molecule has 1 atom stereocenters. The molecule has 1 aromatic heterocycles. The summed E-state index contributed by atoms with van der Waals surface area (Å²) in [6.45, 7) is 1.51. The molecule has 1 amide bonds. The average Bonchev–Trinajstić information content (AvgIpc) is 3.29. The molecule has 1 aromatic carbocycles. The molecule has 0 saturated heterocycles. The zero-order valence-corrected chi connectivity index (χ0v) is 15.7. The van der Waals surface area contributed by atoms with Crippen molar-refractivity contribution in [2.24, 2.45) is 5.92 Å². The molecular formula is C19H20F2N2O3S. The van der Waals surface area contributed by atoms with E-state index in [1.165, 1.54) is 13.0 Å². The summed E-state index contributed by atoms with van der Waals surface area (Å²) in [7, 11) is 0. The second-order valence-corrected chi connectivity index (χ2v) is 7.50. The van der Waals surface area contributed by atoms with E-state index >= 15 is 0 Å². The van der Waals surface area contributed by atoms with Crippen molar-refractivity contribution in [1.82, 2.24) is 4.98 Å². The molecule has 0 spiro atoms. The van der Waals surface area contributed by atoms with Crippen molar-refractivity contribution < 1.29 is 23.1 Å². The summed E-state index contributed by atoms with van der Waals surface area (Å²) in [4.78, 5) is 28.3. The second-order valence-electron chi connectivity index (χ2n) is 6.64. The molecule has 3 rings (SSSR count). The molecule has 0 radical (unpaired) electrons. The van der Waals surface area contributed by atoms with Gasteiger partial charge in [0.25, 0.3) is 5.91 Å². The van der Waals surface area contributed by atoms with Crippen LogP contribution in [0.25, 0.3) is 11.3 Å². The predicted molar refractivity (Wildman–Crippen MR) is 98.2 cm³/mol. The van der Waals surface area contributed by atoms with Gasteiger partial charge in [0.05, 0.1) is 5.69 Å². The number of carbonyl (C=O) groups excluding carboxylic acids is 2. The molecule has 0 unspecified atom stereocenters. The molecule has 5 nitrogen and oxygen atoms in total. The number of aromatic nitrogens is 1. The minimum Gasteiger partial charge on any atom is -0.453 e. The van der Waals surface area contributed by atoms with E-state index in [4.69, 9.17) is 4.74 Å². The van der Waals surface area contributed by atoms with Crippen LogP contribution >= 0.6 is 11.3 Å². The lowest BCUT2D eigenvalue weighted by molar-refractivity contribution is -0.154. The van der Waals surface area contributed by atoms with Crippen LogP contribution in [0.15, 0.2) is 23.6 Å². The van der Waals surface area contributed by atoms with Gasteiger partial charge in [-0.2, -0.15) is 0 Å². The normalized spacial score (nSPS) is 15.5. The van der Waals surface area contributed by atoms with Gasteiger partial charge in [-0.05, 0) is 43.9 Å². The van der Waals surface area contributed by atoms with E-state index in [0.29, 0.717) is 28.7 Å². The first-order valence-electron chi connectivity index (χ1n) is 8.83. The van der Waals surface area contributed by atoms with Gasteiger partial charge in [0.2, 0.25) is 0 Å². The van der Waals surface area contributed by atoms with Crippen LogP contribution in [0, 0.1) is 17.6 Å². The van der Waals surface area contributed by atoms with Crippen LogP contribution in [0.5, 0.6) is 0 Å². The number of hydrogen-bond donors (Lipinski definition) is 1. The Bertz CT molecular complexity index is 834. The number of thiazole rings is 1. The van der Waals surface area contributed by atoms with Gasteiger partial charge in [0, 0.05) is 17.4 Å². The highest BCUT2D eigenvalue weighted by Crippen LogP contribution is 2.28. The van der Waals surface area contributed by atoms with Gasteiger partial charge in [0.1, 0.15) is 0 Å². The van der Waals surface area contributed by atoms with Crippen molar-refractivity contribution in [3.8, 4) is 11.3 Å². The Morgan fingerprint density at radius 2 is 2.04 bits per heavy atom. The maximum absolute atomic E-state index is 13.3. The fourth-order valence-corrected chi connectivity index (χ4v) is 3.80. The number of benzene rings is 1. The van der Waals surface area contributed by atoms with Crippen molar-refractivity contribution in [3.63, 3.8) is 0 Å². The Hall–Kier alpha value is -2.35. The molecule has 1 aliphatic carbocycles. The monoisotopic (exact) mass is 394 g/mol. The highest BCUT2D eigenvalue weighted by molar-refractivity contribution is 7.14. The number of esters is 1. The highest BCUT2D eigenvalue weighted by atomic mass is 32.1. The number of rotatable bonds is 6. The maximum atomic E-state index is 13.3. The smallest absolute Gasteiger partial charge is 0.306 e. The lowest BCUT2D eigenvalue weighted by Crippen LogP contribution is -2.30. The van der Waals surface area contributed by atoms with Gasteiger partial charge in [-0.3, -0.25) is 14.9 Å². The van der Waals surface area contributed by atoms with Gasteiger partial charge in [-0.15, -0.1) is 11.3 Å². The fraction of sp³-hybridized carbons (Fsp3) is 0.421. The number of amides is 1. The summed E-state index contributed by atoms with van der Waals surface area (Å²) in [6, 6.07) is 3.48. The van der Waals surface area contributed by atoms with Gasteiger partial charge in [-0.25, -0.2) is 13.8 Å². The molecule has 1 aliphatic rings. The lowest BCUT2D eigenvalue weighted by atomic mass is 10.0. The molecule has 1 fully saturated rings. The largest absolute Gasteiger partial charge is 0.453 e. The molecule has 1 heterocycles. The molecule has 27 heavy (non-hydrogen) atoms. The van der Waals surface area contributed by atoms with Crippen LogP contribution < -0.4 is 5.32 Å². The lowest BCUT2D eigenvalue weighted by Gasteiger charge is -2.14. The first-order chi connectivity index (χ1) is 12.9.